The highest BCUT2D eigenvalue weighted by Gasteiger charge is 2.05. The van der Waals surface area contributed by atoms with Crippen LogP contribution in [0.4, 0.5) is 5.95 Å². The predicted octanol–water partition coefficient (Wildman–Crippen LogP) is 2.68. The summed E-state index contributed by atoms with van der Waals surface area (Å²) in [5, 5.41) is 2.51. The Bertz CT molecular complexity index is 747. The number of nitrogens with one attached hydrogen (secondary N) is 1. The van der Waals surface area contributed by atoms with E-state index >= 15 is 0 Å². The summed E-state index contributed by atoms with van der Waals surface area (Å²) in [7, 11) is 0. The molecule has 3 aromatic rings. The van der Waals surface area contributed by atoms with Crippen molar-refractivity contribution in [1.29, 1.82) is 0 Å². The Kier molecular flexibility index (Phi) is 3.28. The summed E-state index contributed by atoms with van der Waals surface area (Å²) in [4.78, 5) is 18.5. The summed E-state index contributed by atoms with van der Waals surface area (Å²) in [6.07, 6.45) is 0. The number of benzene rings is 2. The van der Waals surface area contributed by atoms with Crippen molar-refractivity contribution >= 4 is 27.6 Å². The van der Waals surface area contributed by atoms with Gasteiger partial charge >= 0.3 is 0 Å². The molecule has 1 aromatic heterocycles. The molecule has 0 aliphatic rings. The minimum Gasteiger partial charge on any atom is -0.369 e. The summed E-state index contributed by atoms with van der Waals surface area (Å²) < 4.78 is 0. The molecule has 3 rings (SSSR count). The van der Waals surface area contributed by atoms with Crippen molar-refractivity contribution in [2.45, 2.75) is 13.8 Å². The van der Waals surface area contributed by atoms with Gasteiger partial charge in [0.15, 0.2) is 0 Å². The van der Waals surface area contributed by atoms with Gasteiger partial charge in [0.05, 0.1) is 10.9 Å². The highest BCUT2D eigenvalue weighted by atomic mass is 16.1. The Morgan fingerprint density at radius 1 is 1.11 bits per heavy atom. The zero-order chi connectivity index (χ0) is 13.1. The van der Waals surface area contributed by atoms with Gasteiger partial charge in [-0.15, -0.1) is 0 Å². The molecule has 0 saturated heterocycles. The number of nitrogens with zero attached hydrogens (tertiary/aromatic N) is 1. The van der Waals surface area contributed by atoms with Crippen molar-refractivity contribution in [3.05, 3.63) is 46.8 Å². The number of H-pyrrole nitrogens is 1. The third kappa shape index (κ3) is 1.93. The standard InChI is InChI=1S/C12H9N3O.C2H6/c13-12-14-9-6-5-7-3-1-2-4-8(7)10(9)11(16)15-12;1-2/h1-6H,(H3,13,14,15,16);1-2H3. The van der Waals surface area contributed by atoms with E-state index in [1.807, 2.05) is 50.2 Å². The number of anilines is 1. The van der Waals surface area contributed by atoms with Gasteiger partial charge in [-0.05, 0) is 16.8 Å². The molecule has 4 nitrogen and oxygen atoms in total. The van der Waals surface area contributed by atoms with E-state index in [4.69, 9.17) is 5.73 Å². The van der Waals surface area contributed by atoms with Crippen molar-refractivity contribution in [3.8, 4) is 0 Å². The van der Waals surface area contributed by atoms with Crippen molar-refractivity contribution in [2.24, 2.45) is 0 Å². The second-order valence-electron chi connectivity index (χ2n) is 3.63. The van der Waals surface area contributed by atoms with Crippen LogP contribution in [0.15, 0.2) is 41.2 Å². The van der Waals surface area contributed by atoms with E-state index in [0.717, 1.165) is 10.8 Å². The van der Waals surface area contributed by atoms with Gasteiger partial charge < -0.3 is 5.73 Å². The smallest absolute Gasteiger partial charge is 0.260 e. The Hall–Kier alpha value is -2.36. The van der Waals surface area contributed by atoms with Crippen molar-refractivity contribution in [3.63, 3.8) is 0 Å². The summed E-state index contributed by atoms with van der Waals surface area (Å²) in [6.45, 7) is 4.00. The lowest BCUT2D eigenvalue weighted by Crippen LogP contribution is -2.11. The van der Waals surface area contributed by atoms with Crippen LogP contribution in [0.1, 0.15) is 13.8 Å². The number of hydrogen-bond donors (Lipinski definition) is 2. The molecule has 0 bridgehead atoms. The van der Waals surface area contributed by atoms with E-state index in [-0.39, 0.29) is 11.5 Å². The van der Waals surface area contributed by atoms with Crippen molar-refractivity contribution in [2.75, 3.05) is 5.73 Å². The van der Waals surface area contributed by atoms with E-state index in [0.29, 0.717) is 10.9 Å². The Balaban J connectivity index is 0.000000574. The molecule has 4 heteroatoms. The molecule has 92 valence electrons. The molecule has 2 aromatic carbocycles. The normalized spacial score (nSPS) is 10.1. The molecule has 0 radical (unpaired) electrons. The number of nitrogens with two attached hydrogens (primary N) is 1. The Morgan fingerprint density at radius 2 is 1.83 bits per heavy atom. The van der Waals surface area contributed by atoms with Crippen LogP contribution in [0.2, 0.25) is 0 Å². The second kappa shape index (κ2) is 4.87. The van der Waals surface area contributed by atoms with Gasteiger partial charge in [-0.3, -0.25) is 9.78 Å². The van der Waals surface area contributed by atoms with Crippen molar-refractivity contribution < 1.29 is 0 Å². The molecule has 0 unspecified atom stereocenters. The lowest BCUT2D eigenvalue weighted by atomic mass is 10.1. The average Bonchev–Trinajstić information content (AvgIpc) is 2.40. The number of fused-ring (bicyclic) bond motifs is 3. The maximum absolute atomic E-state index is 11.8. The molecule has 0 saturated carbocycles. The zero-order valence-electron chi connectivity index (χ0n) is 10.4. The fourth-order valence-electron chi connectivity index (χ4n) is 1.93. The van der Waals surface area contributed by atoms with Crippen LogP contribution in [0.3, 0.4) is 0 Å². The average molecular weight is 241 g/mol. The van der Waals surface area contributed by atoms with E-state index in [2.05, 4.69) is 9.97 Å². The molecular weight excluding hydrogens is 226 g/mol. The summed E-state index contributed by atoms with van der Waals surface area (Å²) in [5.41, 5.74) is 5.93. The molecule has 0 spiro atoms. The van der Waals surface area contributed by atoms with Gasteiger partial charge in [-0.25, -0.2) is 4.98 Å². The van der Waals surface area contributed by atoms with Gasteiger partial charge in [0.1, 0.15) is 0 Å². The van der Waals surface area contributed by atoms with Crippen LogP contribution in [-0.2, 0) is 0 Å². The highest BCUT2D eigenvalue weighted by molar-refractivity contribution is 6.05. The van der Waals surface area contributed by atoms with E-state index in [1.165, 1.54) is 0 Å². The summed E-state index contributed by atoms with van der Waals surface area (Å²) in [6, 6.07) is 11.5. The highest BCUT2D eigenvalue weighted by Crippen LogP contribution is 2.21. The molecule has 1 heterocycles. The van der Waals surface area contributed by atoms with E-state index in [1.54, 1.807) is 0 Å². The van der Waals surface area contributed by atoms with Crippen LogP contribution in [0.25, 0.3) is 21.7 Å². The largest absolute Gasteiger partial charge is 0.369 e. The van der Waals surface area contributed by atoms with E-state index < -0.39 is 0 Å². The summed E-state index contributed by atoms with van der Waals surface area (Å²) >= 11 is 0. The molecule has 0 fully saturated rings. The van der Waals surface area contributed by atoms with Crippen LogP contribution in [-0.4, -0.2) is 9.97 Å². The maximum Gasteiger partial charge on any atom is 0.260 e. The minimum absolute atomic E-state index is 0.146. The topological polar surface area (TPSA) is 71.8 Å². The Morgan fingerprint density at radius 3 is 2.61 bits per heavy atom. The number of hydrogen-bond acceptors (Lipinski definition) is 3. The van der Waals surface area contributed by atoms with Gasteiger partial charge in [0, 0.05) is 0 Å². The quantitative estimate of drug-likeness (QED) is 0.594. The lowest BCUT2D eigenvalue weighted by Gasteiger charge is -2.02. The molecule has 0 atom stereocenters. The van der Waals surface area contributed by atoms with Gasteiger partial charge in [-0.1, -0.05) is 44.2 Å². The first-order valence-corrected chi connectivity index (χ1v) is 5.93. The van der Waals surface area contributed by atoms with Crippen LogP contribution in [0, 0.1) is 0 Å². The molecule has 3 N–H and O–H groups in total. The number of aromatic nitrogens is 2. The summed E-state index contributed by atoms with van der Waals surface area (Å²) in [5.74, 6) is 0.146. The SMILES string of the molecule is CC.Nc1nc2ccc3ccccc3c2c(=O)[nH]1. The first-order chi connectivity index (χ1) is 8.75. The van der Waals surface area contributed by atoms with E-state index in [9.17, 15) is 4.79 Å². The van der Waals surface area contributed by atoms with Gasteiger partial charge in [0.2, 0.25) is 5.95 Å². The number of aromatic amines is 1. The van der Waals surface area contributed by atoms with Crippen LogP contribution < -0.4 is 11.3 Å². The number of rotatable bonds is 0. The predicted molar refractivity (Wildman–Crippen MR) is 75.6 cm³/mol. The second-order valence-corrected chi connectivity index (χ2v) is 3.63. The van der Waals surface area contributed by atoms with Gasteiger partial charge in [0.25, 0.3) is 5.56 Å². The Labute approximate surface area is 104 Å². The molecule has 0 amide bonds. The fourth-order valence-corrected chi connectivity index (χ4v) is 1.93. The lowest BCUT2D eigenvalue weighted by molar-refractivity contribution is 1.19. The first-order valence-electron chi connectivity index (χ1n) is 5.93. The van der Waals surface area contributed by atoms with Crippen LogP contribution >= 0.6 is 0 Å². The third-order valence-electron chi connectivity index (χ3n) is 2.62. The van der Waals surface area contributed by atoms with Crippen molar-refractivity contribution in [1.82, 2.24) is 9.97 Å². The molecule has 0 aliphatic carbocycles. The van der Waals surface area contributed by atoms with Crippen LogP contribution in [0.5, 0.6) is 0 Å². The maximum atomic E-state index is 11.8. The fraction of sp³-hybridized carbons (Fsp3) is 0.143. The van der Waals surface area contributed by atoms with Gasteiger partial charge in [-0.2, -0.15) is 0 Å². The molecule has 18 heavy (non-hydrogen) atoms. The molecular formula is C14H15N3O. The number of nitrogen functional groups attached to an aromatic ring is 1. The first kappa shape index (κ1) is 12.1. The monoisotopic (exact) mass is 241 g/mol. The minimum atomic E-state index is -0.195. The zero-order valence-corrected chi connectivity index (χ0v) is 10.4. The third-order valence-corrected chi connectivity index (χ3v) is 2.62. The molecule has 0 aliphatic heterocycles.